The zero-order valence-corrected chi connectivity index (χ0v) is 19.5. The second-order valence-electron chi connectivity index (χ2n) is 7.25. The molecule has 1 amide bonds. The van der Waals surface area contributed by atoms with Crippen molar-refractivity contribution in [3.05, 3.63) is 47.1 Å². The third-order valence-corrected chi connectivity index (χ3v) is 5.11. The van der Waals surface area contributed by atoms with Crippen LogP contribution < -0.4 is 5.32 Å². The number of aliphatic carboxylic acids is 1. The van der Waals surface area contributed by atoms with E-state index in [4.69, 9.17) is 0 Å². The summed E-state index contributed by atoms with van der Waals surface area (Å²) < 4.78 is 4.38. The van der Waals surface area contributed by atoms with Crippen molar-refractivity contribution < 1.29 is 24.2 Å². The van der Waals surface area contributed by atoms with Crippen LogP contribution in [-0.2, 0) is 19.1 Å². The van der Waals surface area contributed by atoms with Gasteiger partial charge in [0, 0.05) is 23.7 Å². The van der Waals surface area contributed by atoms with Gasteiger partial charge in [-0.15, -0.1) is 0 Å². The van der Waals surface area contributed by atoms with Crippen LogP contribution >= 0.6 is 11.8 Å². The van der Waals surface area contributed by atoms with E-state index in [-0.39, 0.29) is 5.75 Å². The summed E-state index contributed by atoms with van der Waals surface area (Å²) in [7, 11) is 1.19. The van der Waals surface area contributed by atoms with Crippen LogP contribution in [0.5, 0.6) is 0 Å². The molecule has 0 heterocycles. The summed E-state index contributed by atoms with van der Waals surface area (Å²) in [4.78, 5) is 34.0. The number of amides is 1. The number of hydrogen-bond acceptors (Lipinski definition) is 5. The largest absolute Gasteiger partial charge is 0.480 e. The van der Waals surface area contributed by atoms with Gasteiger partial charge in [0.1, 0.15) is 6.04 Å². The highest BCUT2D eigenvalue weighted by Crippen LogP contribution is 2.13. The topological polar surface area (TPSA) is 92.7 Å². The fourth-order valence-corrected chi connectivity index (χ4v) is 3.33. The average molecular weight is 438 g/mol. The fourth-order valence-electron chi connectivity index (χ4n) is 2.33. The Morgan fingerprint density at radius 3 is 2.13 bits per heavy atom. The lowest BCUT2D eigenvalue weighted by Crippen LogP contribution is -2.42. The quantitative estimate of drug-likeness (QED) is 0.181. The summed E-state index contributed by atoms with van der Waals surface area (Å²) in [5.74, 6) is -1.53. The zero-order chi connectivity index (χ0) is 22.9. The van der Waals surface area contributed by atoms with Gasteiger partial charge in [-0.05, 0) is 53.4 Å². The summed E-state index contributed by atoms with van der Waals surface area (Å²) in [5.41, 5.74) is 4.00. The van der Waals surface area contributed by atoms with Crippen molar-refractivity contribution in [3.8, 4) is 0 Å². The lowest BCUT2D eigenvalue weighted by molar-refractivity contribution is -0.140. The molecule has 0 saturated carbocycles. The summed E-state index contributed by atoms with van der Waals surface area (Å²) in [6, 6.07) is -1.02. The summed E-state index contributed by atoms with van der Waals surface area (Å²) in [6.45, 7) is 8.45. The molecule has 0 aromatic rings. The molecule has 7 heteroatoms. The van der Waals surface area contributed by atoms with Crippen LogP contribution in [-0.4, -0.2) is 47.6 Å². The Kier molecular flexibility index (Phi) is 15.3. The van der Waals surface area contributed by atoms with E-state index in [0.717, 1.165) is 37.8 Å². The van der Waals surface area contributed by atoms with Gasteiger partial charge in [-0.1, -0.05) is 34.9 Å². The van der Waals surface area contributed by atoms with E-state index in [9.17, 15) is 19.5 Å². The predicted octanol–water partition coefficient (Wildman–Crippen LogP) is 4.44. The number of thioether (sulfide) groups is 1. The molecule has 2 N–H and O–H groups in total. The van der Waals surface area contributed by atoms with Crippen LogP contribution in [0.1, 0.15) is 53.4 Å². The van der Waals surface area contributed by atoms with Gasteiger partial charge >= 0.3 is 11.9 Å². The van der Waals surface area contributed by atoms with Crippen molar-refractivity contribution in [3.63, 3.8) is 0 Å². The molecule has 0 aromatic carbocycles. The Morgan fingerprint density at radius 2 is 1.57 bits per heavy atom. The summed E-state index contributed by atoms with van der Waals surface area (Å²) >= 11 is 1.43. The number of rotatable bonds is 14. The van der Waals surface area contributed by atoms with Crippen LogP contribution in [0.25, 0.3) is 0 Å². The molecular formula is C23H35NO5S. The number of esters is 1. The lowest BCUT2D eigenvalue weighted by Gasteiger charge is -2.12. The van der Waals surface area contributed by atoms with E-state index in [1.807, 2.05) is 0 Å². The molecule has 30 heavy (non-hydrogen) atoms. The molecule has 0 aliphatic carbocycles. The number of carbonyl (C=O) groups is 3. The molecule has 0 spiro atoms. The minimum Gasteiger partial charge on any atom is -0.480 e. The maximum absolute atomic E-state index is 11.7. The first kappa shape index (κ1) is 27.7. The molecule has 0 fully saturated rings. The average Bonchev–Trinajstić information content (AvgIpc) is 2.67. The van der Waals surface area contributed by atoms with Crippen molar-refractivity contribution >= 4 is 29.6 Å². The zero-order valence-electron chi connectivity index (χ0n) is 18.7. The number of nitrogens with one attached hydrogen (secondary N) is 1. The number of allylic oxidation sites excluding steroid dienone is 5. The number of carboxylic acids is 1. The molecule has 168 valence electrons. The van der Waals surface area contributed by atoms with E-state index in [1.165, 1.54) is 35.6 Å². The van der Waals surface area contributed by atoms with Crippen LogP contribution in [0, 0.1) is 0 Å². The van der Waals surface area contributed by atoms with Crippen LogP contribution in [0.15, 0.2) is 47.1 Å². The molecule has 1 atom stereocenters. The number of methoxy groups -OCH3 is 1. The van der Waals surface area contributed by atoms with Crippen molar-refractivity contribution in [1.29, 1.82) is 0 Å². The van der Waals surface area contributed by atoms with Gasteiger partial charge in [0.15, 0.2) is 0 Å². The molecule has 0 radical (unpaired) electrons. The van der Waals surface area contributed by atoms with E-state index < -0.39 is 23.9 Å². The molecule has 0 aliphatic heterocycles. The van der Waals surface area contributed by atoms with E-state index in [2.05, 4.69) is 56.0 Å². The van der Waals surface area contributed by atoms with Gasteiger partial charge < -0.3 is 15.2 Å². The third kappa shape index (κ3) is 15.6. The molecule has 0 aliphatic rings. The first-order chi connectivity index (χ1) is 14.1. The van der Waals surface area contributed by atoms with Crippen molar-refractivity contribution in [2.75, 3.05) is 18.6 Å². The maximum Gasteiger partial charge on any atom is 0.330 e. The summed E-state index contributed by atoms with van der Waals surface area (Å²) in [6.07, 6.45) is 12.7. The Bertz CT molecular complexity index is 688. The van der Waals surface area contributed by atoms with Gasteiger partial charge in [-0.2, -0.15) is 11.8 Å². The van der Waals surface area contributed by atoms with Crippen LogP contribution in [0.4, 0.5) is 0 Å². The predicted molar refractivity (Wildman–Crippen MR) is 123 cm³/mol. The van der Waals surface area contributed by atoms with Gasteiger partial charge in [0.25, 0.3) is 0 Å². The Labute approximate surface area is 184 Å². The monoisotopic (exact) mass is 437 g/mol. The molecule has 0 saturated heterocycles. The van der Waals surface area contributed by atoms with Crippen molar-refractivity contribution in [1.82, 2.24) is 5.32 Å². The van der Waals surface area contributed by atoms with Crippen molar-refractivity contribution in [2.24, 2.45) is 0 Å². The Morgan fingerprint density at radius 1 is 0.967 bits per heavy atom. The van der Waals surface area contributed by atoms with E-state index in [0.29, 0.717) is 5.75 Å². The second-order valence-corrected chi connectivity index (χ2v) is 8.33. The van der Waals surface area contributed by atoms with E-state index >= 15 is 0 Å². The normalized spacial score (nSPS) is 13.1. The van der Waals surface area contributed by atoms with Crippen molar-refractivity contribution in [2.45, 2.75) is 59.4 Å². The number of hydrogen-bond donors (Lipinski definition) is 2. The SMILES string of the molecule is COC(=O)C=CC(=O)N[C@@H](CSCC=C(C)CCC=C(C)CCC=C(C)C)C(=O)O. The Balaban J connectivity index is 4.30. The highest BCUT2D eigenvalue weighted by Gasteiger charge is 2.18. The van der Waals surface area contributed by atoms with Gasteiger partial charge in [-0.3, -0.25) is 4.79 Å². The molecule has 0 bridgehead atoms. The smallest absolute Gasteiger partial charge is 0.330 e. The lowest BCUT2D eigenvalue weighted by atomic mass is 10.1. The first-order valence-corrected chi connectivity index (χ1v) is 11.1. The standard InChI is InChI=1S/C23H35NO5S/c1-17(2)8-6-9-18(3)10-7-11-19(4)14-15-30-16-20(23(27)28)24-21(25)12-13-22(26)29-5/h8,10,12-14,20H,6-7,9,11,15-16H2,1-5H3,(H,24,25)(H,27,28)/t20-/m0/s1. The van der Waals surface area contributed by atoms with E-state index in [1.54, 1.807) is 0 Å². The summed E-state index contributed by atoms with van der Waals surface area (Å²) in [5, 5.41) is 11.6. The fraction of sp³-hybridized carbons (Fsp3) is 0.522. The van der Waals surface area contributed by atoms with Gasteiger partial charge in [0.2, 0.25) is 5.91 Å². The number of carboxylic acid groups (broad SMARTS) is 1. The minimum absolute atomic E-state index is 0.236. The first-order valence-electron chi connectivity index (χ1n) is 9.97. The number of carbonyl (C=O) groups excluding carboxylic acids is 2. The second kappa shape index (κ2) is 16.5. The molecular weight excluding hydrogens is 402 g/mol. The molecule has 0 unspecified atom stereocenters. The van der Waals surface area contributed by atoms with Gasteiger partial charge in [-0.25, -0.2) is 9.59 Å². The van der Waals surface area contributed by atoms with Crippen LogP contribution in [0.3, 0.4) is 0 Å². The maximum atomic E-state index is 11.7. The molecule has 6 nitrogen and oxygen atoms in total. The Hall–Kier alpha value is -2.28. The highest BCUT2D eigenvalue weighted by atomic mass is 32.2. The third-order valence-electron chi connectivity index (χ3n) is 4.14. The number of ether oxygens (including phenoxy) is 1. The minimum atomic E-state index is -1.11. The highest BCUT2D eigenvalue weighted by molar-refractivity contribution is 7.99. The van der Waals surface area contributed by atoms with Crippen LogP contribution in [0.2, 0.25) is 0 Å². The molecule has 0 rings (SSSR count). The van der Waals surface area contributed by atoms with Gasteiger partial charge in [0.05, 0.1) is 7.11 Å². The molecule has 0 aromatic heterocycles.